The second-order valence-electron chi connectivity index (χ2n) is 3.68. The lowest BCUT2D eigenvalue weighted by Gasteiger charge is -2.15. The van der Waals surface area contributed by atoms with Crippen molar-refractivity contribution in [2.45, 2.75) is 0 Å². The van der Waals surface area contributed by atoms with E-state index in [1.54, 1.807) is 0 Å². The van der Waals surface area contributed by atoms with Crippen molar-refractivity contribution in [3.8, 4) is 11.5 Å². The molecule has 8 nitrogen and oxygen atoms in total. The predicted molar refractivity (Wildman–Crippen MR) is 73.0 cm³/mol. The summed E-state index contributed by atoms with van der Waals surface area (Å²) in [5, 5.41) is 12.8. The van der Waals surface area contributed by atoms with Gasteiger partial charge in [0, 0.05) is 14.2 Å². The Morgan fingerprint density at radius 3 is 2.43 bits per heavy atom. The van der Waals surface area contributed by atoms with Crippen molar-refractivity contribution >= 4 is 12.2 Å². The van der Waals surface area contributed by atoms with Crippen LogP contribution in [-0.2, 0) is 14.3 Å². The molecule has 0 radical (unpaired) electrons. The van der Waals surface area contributed by atoms with Gasteiger partial charge < -0.3 is 28.9 Å². The van der Waals surface area contributed by atoms with Crippen LogP contribution in [0, 0.1) is 0 Å². The van der Waals surface area contributed by atoms with Crippen molar-refractivity contribution in [2.75, 3.05) is 34.9 Å². The minimum atomic E-state index is -1.15. The van der Waals surface area contributed by atoms with Gasteiger partial charge in [-0.3, -0.25) is 0 Å². The molecular formula is C13H17NO7. The summed E-state index contributed by atoms with van der Waals surface area (Å²) in [5.74, 6) is -0.737. The maximum absolute atomic E-state index is 11.3. The Hall–Kier alpha value is -2.32. The third-order valence-corrected chi connectivity index (χ3v) is 2.33. The molecule has 0 aliphatic rings. The molecule has 0 unspecified atom stereocenters. The van der Waals surface area contributed by atoms with Gasteiger partial charge in [-0.25, -0.2) is 4.79 Å². The molecule has 0 atom stereocenters. The molecule has 0 heterocycles. The van der Waals surface area contributed by atoms with E-state index in [2.05, 4.69) is 9.99 Å². The Morgan fingerprint density at radius 1 is 1.19 bits per heavy atom. The van der Waals surface area contributed by atoms with Gasteiger partial charge in [0.05, 0.1) is 11.8 Å². The molecule has 0 aliphatic carbocycles. The Kier molecular flexibility index (Phi) is 6.99. The summed E-state index contributed by atoms with van der Waals surface area (Å²) in [6.07, 6.45) is 1.29. The highest BCUT2D eigenvalue weighted by Gasteiger charge is 2.19. The number of nitrogens with zero attached hydrogens (tertiary/aromatic N) is 1. The van der Waals surface area contributed by atoms with E-state index in [1.807, 2.05) is 0 Å². The van der Waals surface area contributed by atoms with Crippen molar-refractivity contribution < 1.29 is 33.7 Å². The van der Waals surface area contributed by atoms with Crippen molar-refractivity contribution in [2.24, 2.45) is 5.16 Å². The first-order valence-corrected chi connectivity index (χ1v) is 5.86. The third-order valence-electron chi connectivity index (χ3n) is 2.33. The van der Waals surface area contributed by atoms with E-state index in [0.717, 1.165) is 0 Å². The minimum absolute atomic E-state index is 0.00996. The molecule has 1 rings (SSSR count). The van der Waals surface area contributed by atoms with Crippen LogP contribution in [0.4, 0.5) is 0 Å². The number of methoxy groups -OCH3 is 2. The smallest absolute Gasteiger partial charge is 0.339 e. The number of hydrogen-bond acceptors (Lipinski definition) is 7. The molecule has 8 heteroatoms. The first-order chi connectivity index (χ1) is 10.2. The molecule has 1 aromatic carbocycles. The number of benzene rings is 1. The lowest BCUT2D eigenvalue weighted by atomic mass is 10.1. The van der Waals surface area contributed by atoms with E-state index in [9.17, 15) is 9.90 Å². The topological polar surface area (TPSA) is 95.8 Å². The fraction of sp³-hybridized carbons (Fsp3) is 0.385. The van der Waals surface area contributed by atoms with Crippen LogP contribution in [0.3, 0.4) is 0 Å². The number of oxime groups is 1. The van der Waals surface area contributed by atoms with Gasteiger partial charge in [0.15, 0.2) is 13.6 Å². The standard InChI is InChI=1S/C13H17NO7/c1-17-7-20-11-5-4-9(13(15)16)12(21-8-18-2)10(11)6-14-19-3/h4-6H,7-8H2,1-3H3,(H,15,16)/b14-6+. The van der Waals surface area contributed by atoms with E-state index in [1.165, 1.54) is 39.7 Å². The zero-order valence-corrected chi connectivity index (χ0v) is 12.0. The zero-order chi connectivity index (χ0) is 15.7. The summed E-state index contributed by atoms with van der Waals surface area (Å²) in [6, 6.07) is 2.85. The molecule has 0 saturated carbocycles. The molecule has 116 valence electrons. The average Bonchev–Trinajstić information content (AvgIpc) is 2.48. The summed E-state index contributed by atoms with van der Waals surface area (Å²) in [6.45, 7) is -0.133. The number of ether oxygens (including phenoxy) is 4. The highest BCUT2D eigenvalue weighted by molar-refractivity contribution is 5.97. The number of carboxylic acids is 1. The van der Waals surface area contributed by atoms with Gasteiger partial charge in [-0.1, -0.05) is 5.16 Å². The van der Waals surface area contributed by atoms with Gasteiger partial charge in [-0.15, -0.1) is 0 Å². The van der Waals surface area contributed by atoms with Gasteiger partial charge in [0.1, 0.15) is 24.2 Å². The van der Waals surface area contributed by atoms with E-state index in [0.29, 0.717) is 11.3 Å². The van der Waals surface area contributed by atoms with Crippen LogP contribution >= 0.6 is 0 Å². The highest BCUT2D eigenvalue weighted by Crippen LogP contribution is 2.31. The van der Waals surface area contributed by atoms with E-state index < -0.39 is 5.97 Å². The first-order valence-electron chi connectivity index (χ1n) is 5.86. The number of carbonyl (C=O) groups is 1. The lowest BCUT2D eigenvalue weighted by molar-refractivity contribution is 0.0443. The molecule has 0 amide bonds. The molecule has 1 N–H and O–H groups in total. The predicted octanol–water partition coefficient (Wildman–Crippen LogP) is 1.33. The second kappa shape index (κ2) is 8.77. The number of carboxylic acid groups (broad SMARTS) is 1. The summed E-state index contributed by atoms with van der Waals surface area (Å²) >= 11 is 0. The normalized spacial score (nSPS) is 10.6. The van der Waals surface area contributed by atoms with E-state index in [-0.39, 0.29) is 24.9 Å². The lowest BCUT2D eigenvalue weighted by Crippen LogP contribution is -2.10. The van der Waals surface area contributed by atoms with Gasteiger partial charge >= 0.3 is 5.97 Å². The van der Waals surface area contributed by atoms with E-state index in [4.69, 9.17) is 18.9 Å². The van der Waals surface area contributed by atoms with Crippen LogP contribution in [0.2, 0.25) is 0 Å². The average molecular weight is 299 g/mol. The molecule has 0 saturated heterocycles. The first kappa shape index (κ1) is 16.7. The van der Waals surface area contributed by atoms with Gasteiger partial charge in [0.2, 0.25) is 0 Å². The summed E-state index contributed by atoms with van der Waals surface area (Å²) in [7, 11) is 4.26. The number of hydrogen-bond donors (Lipinski definition) is 1. The largest absolute Gasteiger partial charge is 0.478 e. The van der Waals surface area contributed by atoms with Crippen molar-refractivity contribution in [1.82, 2.24) is 0 Å². The fourth-order valence-corrected chi connectivity index (χ4v) is 1.50. The van der Waals surface area contributed by atoms with Crippen molar-refractivity contribution in [3.05, 3.63) is 23.3 Å². The van der Waals surface area contributed by atoms with Gasteiger partial charge in [-0.05, 0) is 12.1 Å². The number of rotatable bonds is 9. The van der Waals surface area contributed by atoms with Crippen molar-refractivity contribution in [3.63, 3.8) is 0 Å². The fourth-order valence-electron chi connectivity index (χ4n) is 1.50. The van der Waals surface area contributed by atoms with Crippen LogP contribution in [0.15, 0.2) is 17.3 Å². The Morgan fingerprint density at radius 2 is 1.86 bits per heavy atom. The second-order valence-corrected chi connectivity index (χ2v) is 3.68. The molecule has 0 aliphatic heterocycles. The van der Waals surface area contributed by atoms with Crippen LogP contribution in [0.25, 0.3) is 0 Å². The van der Waals surface area contributed by atoms with Crippen LogP contribution in [0.1, 0.15) is 15.9 Å². The minimum Gasteiger partial charge on any atom is -0.478 e. The molecule has 1 aromatic rings. The Balaban J connectivity index is 3.32. The summed E-state index contributed by atoms with van der Waals surface area (Å²) in [5.41, 5.74) is 0.264. The number of aromatic carboxylic acids is 1. The zero-order valence-electron chi connectivity index (χ0n) is 12.0. The quantitative estimate of drug-likeness (QED) is 0.417. The third kappa shape index (κ3) is 4.62. The molecule has 0 aromatic heterocycles. The summed E-state index contributed by atoms with van der Waals surface area (Å²) < 4.78 is 20.3. The van der Waals surface area contributed by atoms with Crippen molar-refractivity contribution in [1.29, 1.82) is 0 Å². The maximum atomic E-state index is 11.3. The summed E-state index contributed by atoms with van der Waals surface area (Å²) in [4.78, 5) is 15.9. The van der Waals surface area contributed by atoms with Crippen LogP contribution in [0.5, 0.6) is 11.5 Å². The molecule has 0 spiro atoms. The molecule has 0 bridgehead atoms. The molecule has 0 fully saturated rings. The van der Waals surface area contributed by atoms with Gasteiger partial charge in [0.25, 0.3) is 0 Å². The molecular weight excluding hydrogens is 282 g/mol. The Labute approximate surface area is 121 Å². The Bertz CT molecular complexity index is 502. The van der Waals surface area contributed by atoms with Crippen LogP contribution in [-0.4, -0.2) is 52.2 Å². The monoisotopic (exact) mass is 299 g/mol. The molecule has 21 heavy (non-hydrogen) atoms. The van der Waals surface area contributed by atoms with Crippen LogP contribution < -0.4 is 9.47 Å². The van der Waals surface area contributed by atoms with E-state index >= 15 is 0 Å². The van der Waals surface area contributed by atoms with Gasteiger partial charge in [-0.2, -0.15) is 0 Å². The SMILES string of the molecule is COCOc1ccc(C(=O)O)c(OCOC)c1/C=N/OC. The maximum Gasteiger partial charge on any atom is 0.339 e. The highest BCUT2D eigenvalue weighted by atomic mass is 16.7.